The topological polar surface area (TPSA) is 57.3 Å². The third-order valence-electron chi connectivity index (χ3n) is 7.07. The Balaban J connectivity index is 1.19. The van der Waals surface area contributed by atoms with Gasteiger partial charge in [0.2, 0.25) is 5.91 Å². The number of nitrogens with zero attached hydrogens (tertiary/aromatic N) is 2. The summed E-state index contributed by atoms with van der Waals surface area (Å²) in [6.07, 6.45) is 12.2. The molecule has 5 heteroatoms. The summed E-state index contributed by atoms with van der Waals surface area (Å²) in [6.45, 7) is 4.13. The molecule has 1 aliphatic carbocycles. The van der Waals surface area contributed by atoms with Gasteiger partial charge < -0.3 is 15.5 Å². The molecule has 2 heterocycles. The number of para-hydroxylation sites is 1. The highest BCUT2D eigenvalue weighted by Gasteiger charge is 2.20. The van der Waals surface area contributed by atoms with E-state index in [-0.39, 0.29) is 5.91 Å². The van der Waals surface area contributed by atoms with E-state index < -0.39 is 0 Å². The van der Waals surface area contributed by atoms with Crippen molar-refractivity contribution in [2.75, 3.05) is 25.0 Å². The van der Waals surface area contributed by atoms with Gasteiger partial charge in [-0.25, -0.2) is 0 Å². The Morgan fingerprint density at radius 1 is 0.969 bits per heavy atom. The number of nitrogens with one attached hydrogen (secondary N) is 2. The summed E-state index contributed by atoms with van der Waals surface area (Å²) in [5.74, 6) is 0.757. The van der Waals surface area contributed by atoms with Crippen LogP contribution in [-0.2, 0) is 17.8 Å². The molecule has 172 valence electrons. The number of hydrogen-bond acceptors (Lipinski definition) is 4. The lowest BCUT2D eigenvalue weighted by Gasteiger charge is -2.32. The normalized spacial score (nSPS) is 18.5. The molecule has 2 N–H and O–H groups in total. The van der Waals surface area contributed by atoms with Gasteiger partial charge in [-0.1, -0.05) is 43.5 Å². The van der Waals surface area contributed by atoms with E-state index in [1.54, 1.807) is 0 Å². The van der Waals surface area contributed by atoms with Gasteiger partial charge in [-0.05, 0) is 74.9 Å². The van der Waals surface area contributed by atoms with Crippen molar-refractivity contribution in [1.82, 2.24) is 15.2 Å². The van der Waals surface area contributed by atoms with Gasteiger partial charge in [0.15, 0.2) is 0 Å². The molecule has 2 aliphatic rings. The van der Waals surface area contributed by atoms with Gasteiger partial charge in [0.1, 0.15) is 0 Å². The van der Waals surface area contributed by atoms with E-state index in [1.807, 2.05) is 24.4 Å². The third kappa shape index (κ3) is 7.14. The van der Waals surface area contributed by atoms with Crippen molar-refractivity contribution in [2.24, 2.45) is 5.92 Å². The summed E-state index contributed by atoms with van der Waals surface area (Å²) in [5, 5.41) is 6.87. The molecule has 2 fully saturated rings. The highest BCUT2D eigenvalue weighted by molar-refractivity contribution is 5.91. The van der Waals surface area contributed by atoms with Crippen LogP contribution >= 0.6 is 0 Å². The van der Waals surface area contributed by atoms with Crippen LogP contribution in [-0.4, -0.2) is 41.5 Å². The van der Waals surface area contributed by atoms with Gasteiger partial charge in [-0.15, -0.1) is 0 Å². The molecule has 1 aromatic carbocycles. The second-order valence-corrected chi connectivity index (χ2v) is 9.48. The Morgan fingerprint density at radius 2 is 1.75 bits per heavy atom. The minimum atomic E-state index is 0.184. The smallest absolute Gasteiger partial charge is 0.224 e. The second-order valence-electron chi connectivity index (χ2n) is 9.48. The molecular formula is C27H38N4O. The minimum Gasteiger partial charge on any atom is -0.326 e. The zero-order valence-electron chi connectivity index (χ0n) is 19.3. The fraction of sp³-hybridized carbons (Fsp3) is 0.556. The second kappa shape index (κ2) is 12.1. The van der Waals surface area contributed by atoms with Crippen LogP contribution in [0, 0.1) is 5.92 Å². The number of carbonyl (C=O) groups excluding carboxylic acids is 1. The number of rotatable bonds is 9. The zero-order chi connectivity index (χ0) is 22.0. The third-order valence-corrected chi connectivity index (χ3v) is 7.07. The monoisotopic (exact) mass is 434 g/mol. The molecule has 0 atom stereocenters. The SMILES string of the molecule is O=C(CC1CCCCC1)Nc1ccccc1CCN1CCC(NCc2ccccn2)CC1. The minimum absolute atomic E-state index is 0.184. The molecule has 1 amide bonds. The molecule has 2 aromatic rings. The summed E-state index contributed by atoms with van der Waals surface area (Å²) in [5.41, 5.74) is 3.36. The van der Waals surface area contributed by atoms with E-state index in [9.17, 15) is 4.79 Å². The summed E-state index contributed by atoms with van der Waals surface area (Å²) < 4.78 is 0. The maximum absolute atomic E-state index is 12.6. The highest BCUT2D eigenvalue weighted by atomic mass is 16.1. The van der Waals surface area contributed by atoms with Crippen molar-refractivity contribution in [1.29, 1.82) is 0 Å². The predicted octanol–water partition coefficient (Wildman–Crippen LogP) is 4.79. The molecule has 0 unspecified atom stereocenters. The quantitative estimate of drug-likeness (QED) is 0.596. The first kappa shape index (κ1) is 22.9. The Hall–Kier alpha value is -2.24. The van der Waals surface area contributed by atoms with E-state index in [0.717, 1.165) is 44.0 Å². The van der Waals surface area contributed by atoms with Gasteiger partial charge in [-0.2, -0.15) is 0 Å². The van der Waals surface area contributed by atoms with Crippen molar-refractivity contribution in [3.05, 3.63) is 59.9 Å². The van der Waals surface area contributed by atoms with Crippen LogP contribution < -0.4 is 10.6 Å². The first-order chi connectivity index (χ1) is 15.8. The largest absolute Gasteiger partial charge is 0.326 e. The number of piperidine rings is 1. The number of amides is 1. The number of carbonyl (C=O) groups is 1. The molecule has 0 bridgehead atoms. The average molecular weight is 435 g/mol. The molecule has 32 heavy (non-hydrogen) atoms. The molecule has 5 nitrogen and oxygen atoms in total. The van der Waals surface area contributed by atoms with E-state index >= 15 is 0 Å². The van der Waals surface area contributed by atoms with Crippen LogP contribution in [0.25, 0.3) is 0 Å². The van der Waals surface area contributed by atoms with E-state index in [2.05, 4.69) is 44.8 Å². The number of benzene rings is 1. The maximum Gasteiger partial charge on any atom is 0.224 e. The molecule has 1 saturated carbocycles. The van der Waals surface area contributed by atoms with E-state index in [0.29, 0.717) is 18.4 Å². The van der Waals surface area contributed by atoms with Crippen molar-refractivity contribution in [3.8, 4) is 0 Å². The number of anilines is 1. The van der Waals surface area contributed by atoms with Crippen LogP contribution in [0.15, 0.2) is 48.7 Å². The summed E-state index contributed by atoms with van der Waals surface area (Å²) in [4.78, 5) is 19.6. The Bertz CT molecular complexity index is 827. The zero-order valence-corrected chi connectivity index (χ0v) is 19.3. The van der Waals surface area contributed by atoms with Gasteiger partial charge in [-0.3, -0.25) is 9.78 Å². The van der Waals surface area contributed by atoms with Gasteiger partial charge >= 0.3 is 0 Å². The first-order valence-corrected chi connectivity index (χ1v) is 12.5. The Kier molecular flexibility index (Phi) is 8.69. The molecule has 4 rings (SSSR count). The number of hydrogen-bond donors (Lipinski definition) is 2. The molecule has 1 saturated heterocycles. The Morgan fingerprint density at radius 3 is 2.53 bits per heavy atom. The van der Waals surface area contributed by atoms with Crippen LogP contribution in [0.4, 0.5) is 5.69 Å². The maximum atomic E-state index is 12.6. The first-order valence-electron chi connectivity index (χ1n) is 12.5. The van der Waals surface area contributed by atoms with Crippen molar-refractivity contribution in [3.63, 3.8) is 0 Å². The molecular weight excluding hydrogens is 396 g/mol. The van der Waals surface area contributed by atoms with Crippen molar-refractivity contribution >= 4 is 11.6 Å². The van der Waals surface area contributed by atoms with Crippen LogP contribution in [0.2, 0.25) is 0 Å². The fourth-order valence-corrected chi connectivity index (χ4v) is 5.11. The predicted molar refractivity (Wildman–Crippen MR) is 131 cm³/mol. The van der Waals surface area contributed by atoms with Crippen LogP contribution in [0.5, 0.6) is 0 Å². The lowest BCUT2D eigenvalue weighted by Crippen LogP contribution is -2.43. The molecule has 0 radical (unpaired) electrons. The van der Waals surface area contributed by atoms with E-state index in [4.69, 9.17) is 0 Å². The number of aromatic nitrogens is 1. The Labute approximate surface area is 193 Å². The molecule has 0 spiro atoms. The highest BCUT2D eigenvalue weighted by Crippen LogP contribution is 2.27. The number of pyridine rings is 1. The summed E-state index contributed by atoms with van der Waals surface area (Å²) in [6, 6.07) is 15.0. The van der Waals surface area contributed by atoms with Gasteiger partial charge in [0.05, 0.1) is 5.69 Å². The van der Waals surface area contributed by atoms with E-state index in [1.165, 1.54) is 50.5 Å². The standard InChI is InChI=1S/C27H38N4O/c32-27(20-22-8-2-1-3-9-22)30-26-12-5-4-10-23(26)13-17-31-18-14-24(15-19-31)29-21-25-11-6-7-16-28-25/h4-7,10-12,16,22,24,29H,1-3,8-9,13-15,17-21H2,(H,30,32). The van der Waals surface area contributed by atoms with Gasteiger partial charge in [0.25, 0.3) is 0 Å². The molecule has 1 aromatic heterocycles. The van der Waals surface area contributed by atoms with Crippen molar-refractivity contribution < 1.29 is 4.79 Å². The summed E-state index contributed by atoms with van der Waals surface area (Å²) >= 11 is 0. The van der Waals surface area contributed by atoms with Crippen LogP contribution in [0.3, 0.4) is 0 Å². The lowest BCUT2D eigenvalue weighted by atomic mass is 9.87. The fourth-order valence-electron chi connectivity index (χ4n) is 5.11. The number of likely N-dealkylation sites (tertiary alicyclic amines) is 1. The van der Waals surface area contributed by atoms with Crippen LogP contribution in [0.1, 0.15) is 62.6 Å². The van der Waals surface area contributed by atoms with Crippen molar-refractivity contribution in [2.45, 2.75) is 70.4 Å². The lowest BCUT2D eigenvalue weighted by molar-refractivity contribution is -0.117. The van der Waals surface area contributed by atoms with Gasteiger partial charge in [0, 0.05) is 37.4 Å². The molecule has 1 aliphatic heterocycles. The average Bonchev–Trinajstić information content (AvgIpc) is 2.84. The summed E-state index contributed by atoms with van der Waals surface area (Å²) in [7, 11) is 0.